The highest BCUT2D eigenvalue weighted by Gasteiger charge is 2.20. The predicted octanol–water partition coefficient (Wildman–Crippen LogP) is 3.60. The first-order valence-corrected chi connectivity index (χ1v) is 6.52. The fourth-order valence-corrected chi connectivity index (χ4v) is 2.37. The van der Waals surface area contributed by atoms with E-state index in [0.29, 0.717) is 16.8 Å². The van der Waals surface area contributed by atoms with Gasteiger partial charge in [0.05, 0.1) is 5.52 Å². The molecule has 3 rings (SSSR count). The van der Waals surface area contributed by atoms with Gasteiger partial charge in [0, 0.05) is 16.2 Å². The van der Waals surface area contributed by atoms with Crippen LogP contribution in [0.25, 0.3) is 16.8 Å². The molecule has 2 aromatic heterocycles. The van der Waals surface area contributed by atoms with Crippen molar-refractivity contribution >= 4 is 27.4 Å². The second-order valence-corrected chi connectivity index (χ2v) is 5.13. The third-order valence-electron chi connectivity index (χ3n) is 2.93. The Kier molecular flexibility index (Phi) is 3.02. The standard InChI is InChI=1S/C14H8BrFN2O2/c15-9-3-6-11-12(14(19)20)13(17-18(11)7-9)8-1-4-10(16)5-2-8/h1-7H,(H,19,20). The molecular weight excluding hydrogens is 327 g/mol. The van der Waals surface area contributed by atoms with Crippen molar-refractivity contribution in [2.75, 3.05) is 0 Å². The van der Waals surface area contributed by atoms with Crippen molar-refractivity contribution in [3.8, 4) is 11.3 Å². The van der Waals surface area contributed by atoms with Gasteiger partial charge in [-0.1, -0.05) is 0 Å². The van der Waals surface area contributed by atoms with Crippen LogP contribution in [0.5, 0.6) is 0 Å². The number of aromatic nitrogens is 2. The molecular formula is C14H8BrFN2O2. The maximum absolute atomic E-state index is 13.0. The van der Waals surface area contributed by atoms with E-state index < -0.39 is 5.97 Å². The van der Waals surface area contributed by atoms with Crippen LogP contribution in [0.1, 0.15) is 10.4 Å². The monoisotopic (exact) mass is 334 g/mol. The third-order valence-corrected chi connectivity index (χ3v) is 3.39. The first-order valence-electron chi connectivity index (χ1n) is 5.73. The number of halogens is 2. The molecule has 100 valence electrons. The van der Waals surface area contributed by atoms with Crippen molar-refractivity contribution < 1.29 is 14.3 Å². The number of benzene rings is 1. The average Bonchev–Trinajstić information content (AvgIpc) is 2.77. The fourth-order valence-electron chi connectivity index (χ4n) is 2.04. The van der Waals surface area contributed by atoms with E-state index in [0.717, 1.165) is 4.47 Å². The van der Waals surface area contributed by atoms with E-state index in [1.165, 1.54) is 28.8 Å². The molecule has 20 heavy (non-hydrogen) atoms. The lowest BCUT2D eigenvalue weighted by atomic mass is 10.1. The Labute approximate surface area is 121 Å². The Morgan fingerprint density at radius 1 is 1.20 bits per heavy atom. The number of aromatic carboxylic acids is 1. The molecule has 4 nitrogen and oxygen atoms in total. The van der Waals surface area contributed by atoms with E-state index >= 15 is 0 Å². The first kappa shape index (κ1) is 12.8. The second kappa shape index (κ2) is 4.72. The zero-order valence-electron chi connectivity index (χ0n) is 10.0. The lowest BCUT2D eigenvalue weighted by Gasteiger charge is -1.98. The Morgan fingerprint density at radius 2 is 1.90 bits per heavy atom. The molecule has 0 fully saturated rings. The van der Waals surface area contributed by atoms with Gasteiger partial charge in [-0.25, -0.2) is 13.7 Å². The average molecular weight is 335 g/mol. The van der Waals surface area contributed by atoms with Gasteiger partial charge < -0.3 is 5.11 Å². The smallest absolute Gasteiger partial charge is 0.340 e. The maximum Gasteiger partial charge on any atom is 0.340 e. The van der Waals surface area contributed by atoms with Gasteiger partial charge in [0.25, 0.3) is 0 Å². The second-order valence-electron chi connectivity index (χ2n) is 4.21. The quantitative estimate of drug-likeness (QED) is 0.779. The van der Waals surface area contributed by atoms with Gasteiger partial charge in [0.1, 0.15) is 17.1 Å². The molecule has 0 unspecified atom stereocenters. The van der Waals surface area contributed by atoms with Crippen molar-refractivity contribution in [2.45, 2.75) is 0 Å². The molecule has 0 atom stereocenters. The summed E-state index contributed by atoms with van der Waals surface area (Å²) in [6, 6.07) is 9.00. The van der Waals surface area contributed by atoms with Crippen LogP contribution < -0.4 is 0 Å². The number of rotatable bonds is 2. The Hall–Kier alpha value is -2.21. The first-order chi connectivity index (χ1) is 9.56. The summed E-state index contributed by atoms with van der Waals surface area (Å²) >= 11 is 3.31. The summed E-state index contributed by atoms with van der Waals surface area (Å²) in [5.74, 6) is -1.45. The van der Waals surface area contributed by atoms with Crippen LogP contribution in [-0.4, -0.2) is 20.7 Å². The molecule has 0 saturated heterocycles. The van der Waals surface area contributed by atoms with Crippen LogP contribution in [0.15, 0.2) is 47.1 Å². The molecule has 0 aliphatic heterocycles. The predicted molar refractivity (Wildman–Crippen MR) is 75.2 cm³/mol. The zero-order chi connectivity index (χ0) is 14.3. The number of nitrogens with zero attached hydrogens (tertiary/aromatic N) is 2. The summed E-state index contributed by atoms with van der Waals surface area (Å²) in [6.07, 6.45) is 1.68. The van der Waals surface area contributed by atoms with Gasteiger partial charge in [-0.15, -0.1) is 0 Å². The minimum atomic E-state index is -1.07. The van der Waals surface area contributed by atoms with Crippen LogP contribution in [-0.2, 0) is 0 Å². The van der Waals surface area contributed by atoms with Gasteiger partial charge in [-0.05, 0) is 52.3 Å². The maximum atomic E-state index is 13.0. The highest BCUT2D eigenvalue weighted by atomic mass is 79.9. The highest BCUT2D eigenvalue weighted by Crippen LogP contribution is 2.27. The number of hydrogen-bond donors (Lipinski definition) is 1. The molecule has 0 aliphatic rings. The van der Waals surface area contributed by atoms with Crippen molar-refractivity contribution in [2.24, 2.45) is 0 Å². The van der Waals surface area contributed by atoms with Gasteiger partial charge in [-0.2, -0.15) is 5.10 Å². The van der Waals surface area contributed by atoms with E-state index in [1.807, 2.05) is 0 Å². The Balaban J connectivity index is 2.31. The largest absolute Gasteiger partial charge is 0.478 e. The van der Waals surface area contributed by atoms with Crippen LogP contribution in [0, 0.1) is 5.82 Å². The number of carbonyl (C=O) groups is 1. The minimum absolute atomic E-state index is 0.101. The summed E-state index contributed by atoms with van der Waals surface area (Å²) in [4.78, 5) is 11.5. The van der Waals surface area contributed by atoms with Gasteiger partial charge >= 0.3 is 5.97 Å². The third kappa shape index (κ3) is 2.08. The number of hydrogen-bond acceptors (Lipinski definition) is 2. The molecule has 1 N–H and O–H groups in total. The van der Waals surface area contributed by atoms with E-state index in [9.17, 15) is 14.3 Å². The number of pyridine rings is 1. The summed E-state index contributed by atoms with van der Waals surface area (Å²) in [7, 11) is 0. The van der Waals surface area contributed by atoms with Crippen LogP contribution in [0.3, 0.4) is 0 Å². The lowest BCUT2D eigenvalue weighted by molar-refractivity contribution is 0.0700. The summed E-state index contributed by atoms with van der Waals surface area (Å²) in [5, 5.41) is 13.7. The van der Waals surface area contributed by atoms with Crippen LogP contribution in [0.4, 0.5) is 4.39 Å². The minimum Gasteiger partial charge on any atom is -0.478 e. The molecule has 0 spiro atoms. The van der Waals surface area contributed by atoms with E-state index in [1.54, 1.807) is 18.3 Å². The normalized spacial score (nSPS) is 10.9. The van der Waals surface area contributed by atoms with Crippen LogP contribution >= 0.6 is 15.9 Å². The van der Waals surface area contributed by atoms with E-state index in [2.05, 4.69) is 21.0 Å². The number of fused-ring (bicyclic) bond motifs is 1. The van der Waals surface area contributed by atoms with Crippen molar-refractivity contribution in [3.05, 3.63) is 58.4 Å². The Morgan fingerprint density at radius 3 is 2.55 bits per heavy atom. The van der Waals surface area contributed by atoms with Crippen LogP contribution in [0.2, 0.25) is 0 Å². The number of carboxylic acid groups (broad SMARTS) is 1. The van der Waals surface area contributed by atoms with Crippen molar-refractivity contribution in [3.63, 3.8) is 0 Å². The number of carboxylic acids is 1. The van der Waals surface area contributed by atoms with Gasteiger partial charge in [0.2, 0.25) is 0 Å². The van der Waals surface area contributed by atoms with Crippen molar-refractivity contribution in [1.29, 1.82) is 0 Å². The molecule has 0 amide bonds. The molecule has 1 aromatic carbocycles. The van der Waals surface area contributed by atoms with E-state index in [-0.39, 0.29) is 11.4 Å². The SMILES string of the molecule is O=C(O)c1c(-c2ccc(F)cc2)nn2cc(Br)ccc12. The summed E-state index contributed by atoms with van der Waals surface area (Å²) < 4.78 is 15.3. The lowest BCUT2D eigenvalue weighted by Crippen LogP contribution is -1.98. The highest BCUT2D eigenvalue weighted by molar-refractivity contribution is 9.10. The molecule has 0 bridgehead atoms. The molecule has 0 radical (unpaired) electrons. The van der Waals surface area contributed by atoms with Crippen molar-refractivity contribution in [1.82, 2.24) is 9.61 Å². The molecule has 6 heteroatoms. The molecule has 0 saturated carbocycles. The van der Waals surface area contributed by atoms with Gasteiger partial charge in [-0.3, -0.25) is 0 Å². The summed E-state index contributed by atoms with van der Waals surface area (Å²) in [5.41, 5.74) is 1.46. The van der Waals surface area contributed by atoms with E-state index in [4.69, 9.17) is 0 Å². The summed E-state index contributed by atoms with van der Waals surface area (Å²) in [6.45, 7) is 0. The fraction of sp³-hybridized carbons (Fsp3) is 0. The molecule has 3 aromatic rings. The molecule has 2 heterocycles. The zero-order valence-corrected chi connectivity index (χ0v) is 11.6. The topological polar surface area (TPSA) is 54.6 Å². The van der Waals surface area contributed by atoms with Gasteiger partial charge in [0.15, 0.2) is 0 Å². The molecule has 0 aliphatic carbocycles. The Bertz CT molecular complexity index is 812.